The fraction of sp³-hybridized carbons (Fsp3) is 0.364. The number of hydrogen-bond donors (Lipinski definition) is 2. The SMILES string of the molecule is CC1CCCN1CCc1cc(NC(=O)CC(=O)O)ccc1-c1ccccc1. The van der Waals surface area contributed by atoms with E-state index in [2.05, 4.69) is 29.3 Å². The van der Waals surface area contributed by atoms with Gasteiger partial charge in [0.2, 0.25) is 5.91 Å². The third kappa shape index (κ3) is 5.17. The molecule has 1 aliphatic rings. The van der Waals surface area contributed by atoms with Crippen LogP contribution in [-0.4, -0.2) is 41.0 Å². The molecule has 27 heavy (non-hydrogen) atoms. The first kappa shape index (κ1) is 19.1. The number of aliphatic carboxylic acids is 1. The van der Waals surface area contributed by atoms with Crippen molar-refractivity contribution in [2.24, 2.45) is 0 Å². The van der Waals surface area contributed by atoms with Crippen LogP contribution in [0.25, 0.3) is 11.1 Å². The Balaban J connectivity index is 1.82. The highest BCUT2D eigenvalue weighted by Gasteiger charge is 2.20. The summed E-state index contributed by atoms with van der Waals surface area (Å²) < 4.78 is 0. The van der Waals surface area contributed by atoms with E-state index in [1.165, 1.54) is 12.8 Å². The Morgan fingerprint density at radius 3 is 2.63 bits per heavy atom. The lowest BCUT2D eigenvalue weighted by Crippen LogP contribution is -2.29. The maximum Gasteiger partial charge on any atom is 0.312 e. The monoisotopic (exact) mass is 366 g/mol. The molecule has 0 bridgehead atoms. The Kier molecular flexibility index (Phi) is 6.24. The summed E-state index contributed by atoms with van der Waals surface area (Å²) in [4.78, 5) is 25.0. The maximum absolute atomic E-state index is 11.8. The van der Waals surface area contributed by atoms with E-state index in [-0.39, 0.29) is 0 Å². The van der Waals surface area contributed by atoms with Gasteiger partial charge >= 0.3 is 5.97 Å². The van der Waals surface area contributed by atoms with Crippen LogP contribution in [0.3, 0.4) is 0 Å². The van der Waals surface area contributed by atoms with Gasteiger partial charge in [0.25, 0.3) is 0 Å². The molecular weight excluding hydrogens is 340 g/mol. The summed E-state index contributed by atoms with van der Waals surface area (Å²) in [6.45, 7) is 4.39. The molecule has 2 N–H and O–H groups in total. The van der Waals surface area contributed by atoms with Crippen LogP contribution in [0.2, 0.25) is 0 Å². The zero-order chi connectivity index (χ0) is 19.2. The maximum atomic E-state index is 11.8. The molecule has 0 aromatic heterocycles. The van der Waals surface area contributed by atoms with Crippen LogP contribution in [-0.2, 0) is 16.0 Å². The number of nitrogens with one attached hydrogen (secondary N) is 1. The van der Waals surface area contributed by atoms with Crippen molar-refractivity contribution in [2.45, 2.75) is 38.6 Å². The Hall–Kier alpha value is -2.66. The highest BCUT2D eigenvalue weighted by Crippen LogP contribution is 2.28. The number of nitrogens with zero attached hydrogens (tertiary/aromatic N) is 1. The molecule has 3 rings (SSSR count). The number of carboxylic acid groups (broad SMARTS) is 1. The molecule has 1 heterocycles. The van der Waals surface area contributed by atoms with Crippen LogP contribution in [0.4, 0.5) is 5.69 Å². The molecule has 0 radical (unpaired) electrons. The minimum absolute atomic E-state index is 0.505. The van der Waals surface area contributed by atoms with Crippen LogP contribution >= 0.6 is 0 Å². The van der Waals surface area contributed by atoms with E-state index in [9.17, 15) is 9.59 Å². The van der Waals surface area contributed by atoms with Crippen molar-refractivity contribution in [1.82, 2.24) is 4.90 Å². The predicted molar refractivity (Wildman–Crippen MR) is 107 cm³/mol. The molecule has 0 aliphatic carbocycles. The van der Waals surface area contributed by atoms with E-state index in [4.69, 9.17) is 5.11 Å². The van der Waals surface area contributed by atoms with Gasteiger partial charge in [-0.25, -0.2) is 0 Å². The molecule has 2 aromatic rings. The molecule has 1 saturated heterocycles. The van der Waals surface area contributed by atoms with Crippen molar-refractivity contribution in [2.75, 3.05) is 18.4 Å². The Labute approximate surface area is 160 Å². The van der Waals surface area contributed by atoms with Gasteiger partial charge < -0.3 is 15.3 Å². The van der Waals surface area contributed by atoms with Gasteiger partial charge in [0, 0.05) is 18.3 Å². The van der Waals surface area contributed by atoms with Crippen LogP contribution in [0.5, 0.6) is 0 Å². The fourth-order valence-corrected chi connectivity index (χ4v) is 3.71. The Morgan fingerprint density at radius 1 is 1.19 bits per heavy atom. The molecule has 1 fully saturated rings. The number of carbonyl (C=O) groups excluding carboxylic acids is 1. The molecule has 0 spiro atoms. The van der Waals surface area contributed by atoms with Gasteiger partial charge in [-0.15, -0.1) is 0 Å². The summed E-state index contributed by atoms with van der Waals surface area (Å²) in [7, 11) is 0. The van der Waals surface area contributed by atoms with E-state index < -0.39 is 18.3 Å². The van der Waals surface area contributed by atoms with Gasteiger partial charge in [0.05, 0.1) is 0 Å². The fourth-order valence-electron chi connectivity index (χ4n) is 3.71. The molecule has 2 aromatic carbocycles. The average Bonchev–Trinajstić information content (AvgIpc) is 3.05. The van der Waals surface area contributed by atoms with Gasteiger partial charge in [0.1, 0.15) is 6.42 Å². The standard InChI is InChI=1S/C22H26N2O3/c1-16-6-5-12-24(16)13-11-18-14-19(23-21(25)15-22(26)27)9-10-20(18)17-7-3-2-4-8-17/h2-4,7-10,14,16H,5-6,11-13,15H2,1H3,(H,23,25)(H,26,27). The molecule has 5 heteroatoms. The average molecular weight is 366 g/mol. The van der Waals surface area contributed by atoms with Crippen molar-refractivity contribution in [3.05, 3.63) is 54.1 Å². The molecule has 1 amide bonds. The Morgan fingerprint density at radius 2 is 1.96 bits per heavy atom. The molecule has 1 unspecified atom stereocenters. The topological polar surface area (TPSA) is 69.6 Å². The van der Waals surface area contributed by atoms with Crippen LogP contribution in [0.15, 0.2) is 48.5 Å². The first-order valence-electron chi connectivity index (χ1n) is 9.47. The summed E-state index contributed by atoms with van der Waals surface area (Å²) in [5, 5.41) is 11.5. The summed E-state index contributed by atoms with van der Waals surface area (Å²) in [6, 6.07) is 16.6. The molecule has 1 atom stereocenters. The number of anilines is 1. The van der Waals surface area contributed by atoms with Crippen molar-refractivity contribution in [3.63, 3.8) is 0 Å². The van der Waals surface area contributed by atoms with Crippen molar-refractivity contribution < 1.29 is 14.7 Å². The summed E-state index contributed by atoms with van der Waals surface area (Å²) in [6.07, 6.45) is 2.85. The number of likely N-dealkylation sites (tertiary alicyclic amines) is 1. The number of hydrogen-bond acceptors (Lipinski definition) is 3. The van der Waals surface area contributed by atoms with Crippen molar-refractivity contribution >= 4 is 17.6 Å². The number of amides is 1. The van der Waals surface area contributed by atoms with E-state index in [1.807, 2.05) is 36.4 Å². The Bertz CT molecular complexity index is 804. The van der Waals surface area contributed by atoms with E-state index >= 15 is 0 Å². The summed E-state index contributed by atoms with van der Waals surface area (Å²) in [5.74, 6) is -1.63. The minimum Gasteiger partial charge on any atom is -0.481 e. The van der Waals surface area contributed by atoms with Gasteiger partial charge in [-0.3, -0.25) is 9.59 Å². The number of carboxylic acids is 1. The van der Waals surface area contributed by atoms with E-state index in [1.54, 1.807) is 0 Å². The first-order valence-corrected chi connectivity index (χ1v) is 9.47. The lowest BCUT2D eigenvalue weighted by atomic mass is 9.96. The van der Waals surface area contributed by atoms with E-state index in [0.29, 0.717) is 11.7 Å². The third-order valence-electron chi connectivity index (χ3n) is 5.14. The highest BCUT2D eigenvalue weighted by molar-refractivity contribution is 6.01. The highest BCUT2D eigenvalue weighted by atomic mass is 16.4. The quantitative estimate of drug-likeness (QED) is 0.732. The van der Waals surface area contributed by atoms with Gasteiger partial charge in [-0.2, -0.15) is 0 Å². The van der Waals surface area contributed by atoms with Gasteiger partial charge in [0.15, 0.2) is 0 Å². The molecular formula is C22H26N2O3. The van der Waals surface area contributed by atoms with E-state index in [0.717, 1.165) is 36.2 Å². The van der Waals surface area contributed by atoms with Crippen LogP contribution in [0.1, 0.15) is 31.7 Å². The van der Waals surface area contributed by atoms with Crippen molar-refractivity contribution in [3.8, 4) is 11.1 Å². The second-order valence-corrected chi connectivity index (χ2v) is 7.13. The lowest BCUT2D eigenvalue weighted by Gasteiger charge is -2.22. The minimum atomic E-state index is -1.13. The second-order valence-electron chi connectivity index (χ2n) is 7.13. The third-order valence-corrected chi connectivity index (χ3v) is 5.14. The molecule has 1 aliphatic heterocycles. The van der Waals surface area contributed by atoms with Crippen LogP contribution in [0, 0.1) is 0 Å². The summed E-state index contributed by atoms with van der Waals surface area (Å²) in [5.41, 5.74) is 4.10. The number of benzene rings is 2. The number of rotatable bonds is 7. The summed E-state index contributed by atoms with van der Waals surface area (Å²) >= 11 is 0. The largest absolute Gasteiger partial charge is 0.481 e. The molecule has 0 saturated carbocycles. The second kappa shape index (κ2) is 8.82. The predicted octanol–water partition coefficient (Wildman–Crippen LogP) is 3.79. The normalized spacial score (nSPS) is 17.0. The van der Waals surface area contributed by atoms with Gasteiger partial charge in [-0.05, 0) is 61.6 Å². The number of carbonyl (C=O) groups is 2. The molecule has 5 nitrogen and oxygen atoms in total. The first-order chi connectivity index (χ1) is 13.0. The van der Waals surface area contributed by atoms with Crippen LogP contribution < -0.4 is 5.32 Å². The lowest BCUT2D eigenvalue weighted by molar-refractivity contribution is -0.139. The zero-order valence-corrected chi connectivity index (χ0v) is 15.6. The smallest absolute Gasteiger partial charge is 0.312 e. The zero-order valence-electron chi connectivity index (χ0n) is 15.6. The van der Waals surface area contributed by atoms with Gasteiger partial charge in [-0.1, -0.05) is 36.4 Å². The molecule has 142 valence electrons. The van der Waals surface area contributed by atoms with Crippen molar-refractivity contribution in [1.29, 1.82) is 0 Å².